The molecule has 0 amide bonds. The fourth-order valence-electron chi connectivity index (χ4n) is 6.65. The maximum atomic E-state index is 12.8. The summed E-state index contributed by atoms with van der Waals surface area (Å²) in [6.07, 6.45) is 74.9. The minimum absolute atomic E-state index is 0.0492. The van der Waals surface area contributed by atoms with Gasteiger partial charge in [0, 0.05) is 19.4 Å². The zero-order valence-corrected chi connectivity index (χ0v) is 41.5. The summed E-state index contributed by atoms with van der Waals surface area (Å²) in [5, 5.41) is 0. The summed E-state index contributed by atoms with van der Waals surface area (Å²) in [4.78, 5) is 25.4. The second-order valence-electron chi connectivity index (χ2n) is 16.7. The first-order valence-electron chi connectivity index (χ1n) is 26.1. The number of carbonyl (C=O) groups is 2. The Bertz CT molecular complexity index is 1320. The number of hydrogen-bond donors (Lipinski definition) is 0. The first kappa shape index (κ1) is 60.3. The van der Waals surface area contributed by atoms with E-state index in [2.05, 4.69) is 142 Å². The number of ether oxygens (including phenoxy) is 3. The van der Waals surface area contributed by atoms with E-state index in [-0.39, 0.29) is 25.2 Å². The molecule has 362 valence electrons. The molecular formula is C59H96O5. The van der Waals surface area contributed by atoms with Crippen LogP contribution in [0.2, 0.25) is 0 Å². The van der Waals surface area contributed by atoms with E-state index in [9.17, 15) is 9.59 Å². The quantitative estimate of drug-likeness (QED) is 0.0346. The van der Waals surface area contributed by atoms with Crippen LogP contribution in [0.15, 0.2) is 122 Å². The van der Waals surface area contributed by atoms with Gasteiger partial charge in [0.2, 0.25) is 0 Å². The third kappa shape index (κ3) is 50.9. The van der Waals surface area contributed by atoms with Crippen LogP contribution in [0, 0.1) is 0 Å². The number of hydrogen-bond acceptors (Lipinski definition) is 5. The van der Waals surface area contributed by atoms with Crippen molar-refractivity contribution in [3.8, 4) is 0 Å². The molecule has 0 aromatic heterocycles. The van der Waals surface area contributed by atoms with Crippen LogP contribution in [0.3, 0.4) is 0 Å². The van der Waals surface area contributed by atoms with E-state index in [1.165, 1.54) is 44.9 Å². The number of rotatable bonds is 46. The molecule has 0 radical (unpaired) electrons. The van der Waals surface area contributed by atoms with Crippen molar-refractivity contribution in [2.24, 2.45) is 0 Å². The molecule has 1 unspecified atom stereocenters. The van der Waals surface area contributed by atoms with Crippen molar-refractivity contribution in [1.29, 1.82) is 0 Å². The van der Waals surface area contributed by atoms with E-state index >= 15 is 0 Å². The van der Waals surface area contributed by atoms with E-state index in [1.807, 2.05) is 0 Å². The van der Waals surface area contributed by atoms with Gasteiger partial charge < -0.3 is 14.2 Å². The first-order chi connectivity index (χ1) is 31.6. The van der Waals surface area contributed by atoms with Crippen LogP contribution in [-0.2, 0) is 23.8 Å². The minimum Gasteiger partial charge on any atom is -0.462 e. The lowest BCUT2D eigenvalue weighted by atomic mass is 10.1. The van der Waals surface area contributed by atoms with E-state index in [1.54, 1.807) is 0 Å². The summed E-state index contributed by atoms with van der Waals surface area (Å²) < 4.78 is 17.4. The van der Waals surface area contributed by atoms with E-state index < -0.39 is 6.10 Å². The molecule has 0 aliphatic carbocycles. The Morgan fingerprint density at radius 3 is 1.14 bits per heavy atom. The summed E-state index contributed by atoms with van der Waals surface area (Å²) >= 11 is 0. The Kier molecular flexibility index (Phi) is 50.5. The highest BCUT2D eigenvalue weighted by Gasteiger charge is 2.17. The monoisotopic (exact) mass is 885 g/mol. The van der Waals surface area contributed by atoms with Gasteiger partial charge in [-0.2, -0.15) is 0 Å². The minimum atomic E-state index is -0.572. The lowest BCUT2D eigenvalue weighted by molar-refractivity contribution is -0.163. The van der Waals surface area contributed by atoms with Crippen molar-refractivity contribution in [3.63, 3.8) is 0 Å². The van der Waals surface area contributed by atoms with Crippen LogP contribution >= 0.6 is 0 Å². The van der Waals surface area contributed by atoms with Gasteiger partial charge in [0.25, 0.3) is 0 Å². The Morgan fingerprint density at radius 2 is 0.703 bits per heavy atom. The summed E-state index contributed by atoms with van der Waals surface area (Å²) in [5.41, 5.74) is 0. The normalized spacial score (nSPS) is 13.2. The summed E-state index contributed by atoms with van der Waals surface area (Å²) in [6.45, 7) is 7.45. The molecule has 0 N–H and O–H groups in total. The van der Waals surface area contributed by atoms with Gasteiger partial charge >= 0.3 is 11.9 Å². The average molecular weight is 885 g/mol. The van der Waals surface area contributed by atoms with E-state index in [0.717, 1.165) is 135 Å². The van der Waals surface area contributed by atoms with Gasteiger partial charge in [0.1, 0.15) is 6.61 Å². The molecule has 0 spiro atoms. The van der Waals surface area contributed by atoms with Crippen LogP contribution in [0.25, 0.3) is 0 Å². The van der Waals surface area contributed by atoms with E-state index in [4.69, 9.17) is 14.2 Å². The molecule has 0 rings (SSSR count). The van der Waals surface area contributed by atoms with Crippen molar-refractivity contribution in [3.05, 3.63) is 122 Å². The van der Waals surface area contributed by atoms with Crippen molar-refractivity contribution < 1.29 is 23.8 Å². The summed E-state index contributed by atoms with van der Waals surface area (Å²) in [7, 11) is 0. The molecule has 0 saturated heterocycles. The highest BCUT2D eigenvalue weighted by Crippen LogP contribution is 2.12. The predicted octanol–water partition coefficient (Wildman–Crippen LogP) is 17.8. The number of unbranched alkanes of at least 4 members (excludes halogenated alkanes) is 15. The number of esters is 2. The summed E-state index contributed by atoms with van der Waals surface area (Å²) in [6, 6.07) is 0. The Hall–Kier alpha value is -3.70. The molecule has 0 aromatic carbocycles. The molecule has 5 heteroatoms. The highest BCUT2D eigenvalue weighted by atomic mass is 16.6. The van der Waals surface area contributed by atoms with Crippen LogP contribution in [0.1, 0.15) is 213 Å². The highest BCUT2D eigenvalue weighted by molar-refractivity contribution is 5.70. The molecule has 0 bridgehead atoms. The molecular weight excluding hydrogens is 789 g/mol. The zero-order valence-electron chi connectivity index (χ0n) is 41.5. The molecule has 5 nitrogen and oxygen atoms in total. The lowest BCUT2D eigenvalue weighted by Gasteiger charge is -2.18. The fourth-order valence-corrected chi connectivity index (χ4v) is 6.65. The van der Waals surface area contributed by atoms with Gasteiger partial charge in [-0.15, -0.1) is 0 Å². The van der Waals surface area contributed by atoms with Crippen LogP contribution in [-0.4, -0.2) is 37.9 Å². The molecule has 0 aliphatic rings. The SMILES string of the molecule is CC/C=C\C/C=C\C/C=C\C/C=C\C/C=C\CCCCCC(=O)OCC(COCCCCCCCC/C=C\C/C=C\C/C=C\CC)OC(=O)CCCCCCC/C=C\C/C=C\CCC. The molecule has 0 aliphatic heterocycles. The number of allylic oxidation sites excluding steroid dienone is 20. The largest absolute Gasteiger partial charge is 0.462 e. The van der Waals surface area contributed by atoms with Gasteiger partial charge in [-0.1, -0.05) is 200 Å². The van der Waals surface area contributed by atoms with Gasteiger partial charge in [0.05, 0.1) is 6.61 Å². The predicted molar refractivity (Wildman–Crippen MR) is 279 cm³/mol. The molecule has 1 atom stereocenters. The van der Waals surface area contributed by atoms with Crippen LogP contribution in [0.4, 0.5) is 0 Å². The average Bonchev–Trinajstić information content (AvgIpc) is 3.30. The fraction of sp³-hybridized carbons (Fsp3) is 0.627. The first-order valence-corrected chi connectivity index (χ1v) is 26.1. The Labute approximate surface area is 395 Å². The van der Waals surface area contributed by atoms with Gasteiger partial charge in [-0.25, -0.2) is 0 Å². The van der Waals surface area contributed by atoms with Gasteiger partial charge in [-0.05, 0) is 122 Å². The smallest absolute Gasteiger partial charge is 0.306 e. The van der Waals surface area contributed by atoms with Crippen LogP contribution < -0.4 is 0 Å². The Morgan fingerprint density at radius 1 is 0.359 bits per heavy atom. The third-order valence-electron chi connectivity index (χ3n) is 10.4. The molecule has 0 fully saturated rings. The lowest BCUT2D eigenvalue weighted by Crippen LogP contribution is -2.30. The zero-order chi connectivity index (χ0) is 46.3. The Balaban J connectivity index is 4.39. The van der Waals surface area contributed by atoms with Crippen LogP contribution in [0.5, 0.6) is 0 Å². The van der Waals surface area contributed by atoms with Crippen molar-refractivity contribution in [1.82, 2.24) is 0 Å². The second-order valence-corrected chi connectivity index (χ2v) is 16.7. The van der Waals surface area contributed by atoms with Gasteiger partial charge in [-0.3, -0.25) is 9.59 Å². The van der Waals surface area contributed by atoms with Gasteiger partial charge in [0.15, 0.2) is 6.10 Å². The molecule has 0 heterocycles. The second kappa shape index (κ2) is 53.6. The van der Waals surface area contributed by atoms with Crippen molar-refractivity contribution in [2.75, 3.05) is 19.8 Å². The maximum Gasteiger partial charge on any atom is 0.306 e. The van der Waals surface area contributed by atoms with Crippen molar-refractivity contribution >= 4 is 11.9 Å². The summed E-state index contributed by atoms with van der Waals surface area (Å²) in [5.74, 6) is -0.466. The van der Waals surface area contributed by atoms with Crippen molar-refractivity contribution in [2.45, 2.75) is 219 Å². The molecule has 0 saturated carbocycles. The van der Waals surface area contributed by atoms with E-state index in [0.29, 0.717) is 19.4 Å². The maximum absolute atomic E-state index is 12.8. The molecule has 0 aromatic rings. The topological polar surface area (TPSA) is 61.8 Å². The standard InChI is InChI=1S/C59H96O5/c1-4-7-10-13-16-19-22-25-27-29-30-31-32-35-37-40-43-46-49-52-58(60)63-56-57(64-59(61)53-50-47-44-41-38-34-24-21-18-15-12-9-6-3)55-62-54-51-48-45-42-39-36-33-28-26-23-20-17-14-11-8-5-2/h7-8,10-12,15-17,19-21,24-28,30-31,35,37,57H,4-6,9,13-14,18,22-23,29,32-34,36,38-56H2,1-3H3/b10-7-,11-8-,15-12-,19-16-,20-17-,24-21-,27-25-,28-26-,31-30-,37-35-. The third-order valence-corrected chi connectivity index (χ3v) is 10.4. The molecule has 64 heavy (non-hydrogen) atoms. The number of carbonyl (C=O) groups excluding carboxylic acids is 2.